The van der Waals surface area contributed by atoms with Gasteiger partial charge in [0.05, 0.1) is 0 Å². The number of rotatable bonds is 8. The second kappa shape index (κ2) is 9.77. The maximum absolute atomic E-state index is 4.87. The van der Waals surface area contributed by atoms with Crippen LogP contribution in [0, 0.1) is 5.92 Å². The second-order valence-corrected chi connectivity index (χ2v) is 5.29. The van der Waals surface area contributed by atoms with Gasteiger partial charge in [-0.05, 0) is 64.2 Å². The molecule has 0 bridgehead atoms. The van der Waals surface area contributed by atoms with Crippen LogP contribution in [0.2, 0.25) is 0 Å². The molecule has 0 aliphatic heterocycles. The Kier molecular flexibility index (Phi) is 9.51. The lowest BCUT2D eigenvalue weighted by atomic mass is 10.0. The van der Waals surface area contributed by atoms with Crippen LogP contribution in [-0.2, 0) is 0 Å². The standard InChI is InChI=1S/C15H26S/c1-13(2)7-5-8-14(3)9-6-10-15(4)11-12-16/h7,9,12,15H,5-6,8,10-11H2,1-4H3. The Morgan fingerprint density at radius 2 is 1.81 bits per heavy atom. The summed E-state index contributed by atoms with van der Waals surface area (Å²) < 4.78 is 0. The quantitative estimate of drug-likeness (QED) is 0.398. The number of hydrogen-bond acceptors (Lipinski definition) is 1. The first-order valence-corrected chi connectivity index (χ1v) is 6.76. The van der Waals surface area contributed by atoms with Crippen LogP contribution in [0.5, 0.6) is 0 Å². The van der Waals surface area contributed by atoms with Gasteiger partial charge in [0.15, 0.2) is 0 Å². The molecule has 0 aromatic carbocycles. The number of thiocarbonyl (C=S) groups is 1. The molecule has 0 fully saturated rings. The van der Waals surface area contributed by atoms with Crippen molar-refractivity contribution in [3.05, 3.63) is 23.3 Å². The zero-order valence-electron chi connectivity index (χ0n) is 11.3. The van der Waals surface area contributed by atoms with Crippen molar-refractivity contribution >= 4 is 17.6 Å². The molecular formula is C15H26S. The maximum atomic E-state index is 4.87. The lowest BCUT2D eigenvalue weighted by molar-refractivity contribution is 0.564. The van der Waals surface area contributed by atoms with E-state index in [1.54, 1.807) is 0 Å². The summed E-state index contributed by atoms with van der Waals surface area (Å²) in [5, 5.41) is 1.86. The molecule has 0 aliphatic rings. The summed E-state index contributed by atoms with van der Waals surface area (Å²) in [5.41, 5.74) is 2.94. The molecule has 16 heavy (non-hydrogen) atoms. The average Bonchev–Trinajstić information content (AvgIpc) is 2.17. The molecule has 0 saturated heterocycles. The van der Waals surface area contributed by atoms with Crippen LogP contribution in [0.15, 0.2) is 23.3 Å². The Labute approximate surface area is 107 Å². The highest BCUT2D eigenvalue weighted by molar-refractivity contribution is 7.78. The lowest BCUT2D eigenvalue weighted by Gasteiger charge is -2.06. The molecule has 0 saturated carbocycles. The summed E-state index contributed by atoms with van der Waals surface area (Å²) in [5.74, 6) is 0.735. The number of allylic oxidation sites excluding steroid dienone is 4. The summed E-state index contributed by atoms with van der Waals surface area (Å²) in [6.07, 6.45) is 10.6. The van der Waals surface area contributed by atoms with Crippen LogP contribution in [0.4, 0.5) is 0 Å². The third-order valence-corrected chi connectivity index (χ3v) is 2.93. The fraction of sp³-hybridized carbons (Fsp3) is 0.667. The summed E-state index contributed by atoms with van der Waals surface area (Å²) in [6, 6.07) is 0. The van der Waals surface area contributed by atoms with Crippen molar-refractivity contribution in [2.75, 3.05) is 0 Å². The highest BCUT2D eigenvalue weighted by Crippen LogP contribution is 2.13. The van der Waals surface area contributed by atoms with Crippen LogP contribution >= 0.6 is 12.2 Å². The molecular weight excluding hydrogens is 212 g/mol. The molecule has 92 valence electrons. The van der Waals surface area contributed by atoms with E-state index < -0.39 is 0 Å². The van der Waals surface area contributed by atoms with E-state index >= 15 is 0 Å². The van der Waals surface area contributed by atoms with Crippen molar-refractivity contribution in [1.82, 2.24) is 0 Å². The fourth-order valence-electron chi connectivity index (χ4n) is 1.59. The van der Waals surface area contributed by atoms with Gasteiger partial charge in [0.2, 0.25) is 0 Å². The van der Waals surface area contributed by atoms with Gasteiger partial charge in [-0.2, -0.15) is 0 Å². The molecule has 0 N–H and O–H groups in total. The van der Waals surface area contributed by atoms with Crippen molar-refractivity contribution < 1.29 is 0 Å². The smallest absolute Gasteiger partial charge is 0.0208 e. The average molecular weight is 238 g/mol. The van der Waals surface area contributed by atoms with E-state index in [1.165, 1.54) is 36.8 Å². The topological polar surface area (TPSA) is 0 Å². The van der Waals surface area contributed by atoms with Gasteiger partial charge >= 0.3 is 0 Å². The minimum Gasteiger partial charge on any atom is -0.0935 e. The van der Waals surface area contributed by atoms with Gasteiger partial charge < -0.3 is 0 Å². The summed E-state index contributed by atoms with van der Waals surface area (Å²) in [4.78, 5) is 0. The van der Waals surface area contributed by atoms with Crippen molar-refractivity contribution in [3.63, 3.8) is 0 Å². The first-order valence-electron chi connectivity index (χ1n) is 6.29. The summed E-state index contributed by atoms with van der Waals surface area (Å²) >= 11 is 4.87. The van der Waals surface area contributed by atoms with Crippen LogP contribution in [0.3, 0.4) is 0 Å². The Morgan fingerprint density at radius 3 is 2.38 bits per heavy atom. The Balaban J connectivity index is 3.70. The molecule has 0 heterocycles. The molecule has 0 aromatic rings. The van der Waals surface area contributed by atoms with E-state index in [1.807, 2.05) is 5.37 Å². The van der Waals surface area contributed by atoms with Gasteiger partial charge in [-0.15, -0.1) is 0 Å². The second-order valence-electron chi connectivity index (χ2n) is 4.96. The van der Waals surface area contributed by atoms with Gasteiger partial charge in [0, 0.05) is 0 Å². The van der Waals surface area contributed by atoms with Crippen LogP contribution in [-0.4, -0.2) is 5.37 Å². The van der Waals surface area contributed by atoms with Gasteiger partial charge in [0.1, 0.15) is 0 Å². The third kappa shape index (κ3) is 10.1. The molecule has 1 heteroatoms. The highest BCUT2D eigenvalue weighted by atomic mass is 32.1. The van der Waals surface area contributed by atoms with E-state index in [9.17, 15) is 0 Å². The monoisotopic (exact) mass is 238 g/mol. The molecule has 0 nitrogen and oxygen atoms in total. The van der Waals surface area contributed by atoms with Gasteiger partial charge in [-0.3, -0.25) is 0 Å². The summed E-state index contributed by atoms with van der Waals surface area (Å²) in [6.45, 7) is 8.83. The van der Waals surface area contributed by atoms with Crippen LogP contribution in [0.25, 0.3) is 0 Å². The molecule has 0 aliphatic carbocycles. The Hall–Kier alpha value is -0.430. The molecule has 1 atom stereocenters. The zero-order valence-corrected chi connectivity index (χ0v) is 12.1. The molecule has 1 unspecified atom stereocenters. The zero-order chi connectivity index (χ0) is 12.4. The SMILES string of the molecule is CC(C)=CCCC(C)=CCCC(C)CC=S. The van der Waals surface area contributed by atoms with Crippen molar-refractivity contribution in [1.29, 1.82) is 0 Å². The minimum absolute atomic E-state index is 0.735. The molecule has 0 amide bonds. The highest BCUT2D eigenvalue weighted by Gasteiger charge is 1.98. The van der Waals surface area contributed by atoms with Crippen molar-refractivity contribution in [2.24, 2.45) is 5.92 Å². The lowest BCUT2D eigenvalue weighted by Crippen LogP contribution is -1.93. The summed E-state index contributed by atoms with van der Waals surface area (Å²) in [7, 11) is 0. The van der Waals surface area contributed by atoms with E-state index in [4.69, 9.17) is 12.2 Å². The van der Waals surface area contributed by atoms with E-state index in [2.05, 4.69) is 39.8 Å². The van der Waals surface area contributed by atoms with E-state index in [-0.39, 0.29) is 0 Å². The molecule has 0 aromatic heterocycles. The van der Waals surface area contributed by atoms with Crippen molar-refractivity contribution in [3.8, 4) is 0 Å². The predicted molar refractivity (Wildman–Crippen MR) is 79.1 cm³/mol. The van der Waals surface area contributed by atoms with Gasteiger partial charge in [-0.25, -0.2) is 0 Å². The molecule has 0 spiro atoms. The van der Waals surface area contributed by atoms with E-state index in [0.29, 0.717) is 0 Å². The molecule has 0 radical (unpaired) electrons. The van der Waals surface area contributed by atoms with Gasteiger partial charge in [0.25, 0.3) is 0 Å². The molecule has 0 rings (SSSR count). The van der Waals surface area contributed by atoms with Gasteiger partial charge in [-0.1, -0.05) is 42.4 Å². The minimum atomic E-state index is 0.735. The van der Waals surface area contributed by atoms with Crippen molar-refractivity contribution in [2.45, 2.75) is 59.8 Å². The third-order valence-electron chi connectivity index (χ3n) is 2.74. The van der Waals surface area contributed by atoms with Crippen LogP contribution < -0.4 is 0 Å². The predicted octanol–water partition coefficient (Wildman–Crippen LogP) is 5.49. The first kappa shape index (κ1) is 15.6. The Bertz CT molecular complexity index is 244. The fourth-order valence-corrected chi connectivity index (χ4v) is 1.92. The first-order chi connectivity index (χ1) is 7.56. The van der Waals surface area contributed by atoms with Crippen LogP contribution in [0.1, 0.15) is 59.8 Å². The number of hydrogen-bond donors (Lipinski definition) is 0. The van der Waals surface area contributed by atoms with E-state index in [0.717, 1.165) is 12.3 Å². The normalized spacial score (nSPS) is 13.4. The largest absolute Gasteiger partial charge is 0.0935 e. The Morgan fingerprint density at radius 1 is 1.12 bits per heavy atom. The maximum Gasteiger partial charge on any atom is -0.0208 e.